The van der Waals surface area contributed by atoms with Crippen molar-refractivity contribution in [3.8, 4) is 5.75 Å². The lowest BCUT2D eigenvalue weighted by Gasteiger charge is -2.22. The van der Waals surface area contributed by atoms with E-state index in [9.17, 15) is 9.90 Å². The Morgan fingerprint density at radius 1 is 1.20 bits per heavy atom. The first-order valence-electron chi connectivity index (χ1n) is 8.69. The zero-order valence-electron chi connectivity index (χ0n) is 14.8. The summed E-state index contributed by atoms with van der Waals surface area (Å²) in [5, 5.41) is 12.8. The van der Waals surface area contributed by atoms with E-state index in [0.717, 1.165) is 24.3 Å². The van der Waals surface area contributed by atoms with Gasteiger partial charge in [0.05, 0.1) is 6.54 Å². The zero-order valence-corrected chi connectivity index (χ0v) is 14.8. The van der Waals surface area contributed by atoms with Crippen molar-refractivity contribution >= 4 is 17.4 Å². The number of nitrogens with one attached hydrogen (secondary N) is 1. The van der Waals surface area contributed by atoms with Crippen LogP contribution in [0.4, 0.5) is 16.2 Å². The van der Waals surface area contributed by atoms with Crippen LogP contribution in [0.15, 0.2) is 42.5 Å². The largest absolute Gasteiger partial charge is 0.508 e. The molecule has 1 aliphatic heterocycles. The van der Waals surface area contributed by atoms with Gasteiger partial charge >= 0.3 is 6.03 Å². The molecule has 0 aliphatic carbocycles. The van der Waals surface area contributed by atoms with Crippen LogP contribution in [0, 0.1) is 6.92 Å². The van der Waals surface area contributed by atoms with E-state index in [2.05, 4.69) is 23.2 Å². The molecule has 132 valence electrons. The van der Waals surface area contributed by atoms with E-state index in [0.29, 0.717) is 6.54 Å². The fourth-order valence-corrected chi connectivity index (χ4v) is 3.24. The van der Waals surface area contributed by atoms with E-state index in [4.69, 9.17) is 0 Å². The summed E-state index contributed by atoms with van der Waals surface area (Å²) in [4.78, 5) is 16.4. The highest BCUT2D eigenvalue weighted by atomic mass is 16.3. The van der Waals surface area contributed by atoms with Crippen LogP contribution >= 0.6 is 0 Å². The van der Waals surface area contributed by atoms with Gasteiger partial charge in [-0.1, -0.05) is 18.2 Å². The standard InChI is InChI=1S/C20H25N3O2/c1-15-13-17(9-10-18(15)23-11-5-6-12-23)21-20(25)22(2)14-16-7-3-4-8-19(16)24/h3-4,7-10,13,24H,5-6,11-12,14H2,1-2H3,(H,21,25). The molecule has 3 rings (SSSR count). The van der Waals surface area contributed by atoms with Crippen LogP contribution < -0.4 is 10.2 Å². The van der Waals surface area contributed by atoms with Gasteiger partial charge in [0.1, 0.15) is 5.75 Å². The predicted molar refractivity (Wildman–Crippen MR) is 101 cm³/mol. The summed E-state index contributed by atoms with van der Waals surface area (Å²) in [6.45, 7) is 4.64. The number of rotatable bonds is 4. The monoisotopic (exact) mass is 339 g/mol. The highest BCUT2D eigenvalue weighted by molar-refractivity contribution is 5.89. The van der Waals surface area contributed by atoms with Gasteiger partial charge in [-0.3, -0.25) is 0 Å². The molecule has 0 radical (unpaired) electrons. The molecule has 2 N–H and O–H groups in total. The smallest absolute Gasteiger partial charge is 0.321 e. The molecule has 0 unspecified atom stereocenters. The summed E-state index contributed by atoms with van der Waals surface area (Å²) >= 11 is 0. The molecule has 1 saturated heterocycles. The van der Waals surface area contributed by atoms with Crippen LogP contribution in [-0.2, 0) is 6.54 Å². The number of carbonyl (C=O) groups is 1. The van der Waals surface area contributed by atoms with Gasteiger partial charge in [0.25, 0.3) is 0 Å². The third kappa shape index (κ3) is 4.05. The summed E-state index contributed by atoms with van der Waals surface area (Å²) in [6.07, 6.45) is 2.49. The Labute approximate surface area is 148 Å². The minimum absolute atomic E-state index is 0.198. The molecule has 2 amide bonds. The third-order valence-corrected chi connectivity index (χ3v) is 4.64. The van der Waals surface area contributed by atoms with Crippen molar-refractivity contribution in [2.45, 2.75) is 26.3 Å². The topological polar surface area (TPSA) is 55.8 Å². The van der Waals surface area contributed by atoms with E-state index in [1.165, 1.54) is 24.1 Å². The van der Waals surface area contributed by atoms with E-state index in [1.54, 1.807) is 24.1 Å². The molecule has 2 aromatic carbocycles. The summed E-state index contributed by atoms with van der Waals surface area (Å²) < 4.78 is 0. The maximum absolute atomic E-state index is 12.4. The molecule has 0 spiro atoms. The first kappa shape index (κ1) is 17.1. The number of benzene rings is 2. The number of aromatic hydroxyl groups is 1. The van der Waals surface area contributed by atoms with Crippen LogP contribution in [0.1, 0.15) is 24.0 Å². The number of aryl methyl sites for hydroxylation is 1. The predicted octanol–water partition coefficient (Wildman–Crippen LogP) is 3.96. The van der Waals surface area contributed by atoms with Gasteiger partial charge in [0.15, 0.2) is 0 Å². The molecule has 5 nitrogen and oxygen atoms in total. The average molecular weight is 339 g/mol. The molecule has 1 heterocycles. The molecule has 0 atom stereocenters. The summed E-state index contributed by atoms with van der Waals surface area (Å²) in [7, 11) is 1.72. The molecular weight excluding hydrogens is 314 g/mol. The second-order valence-electron chi connectivity index (χ2n) is 6.61. The Morgan fingerprint density at radius 2 is 1.92 bits per heavy atom. The summed E-state index contributed by atoms with van der Waals surface area (Å²) in [6, 6.07) is 12.9. The zero-order chi connectivity index (χ0) is 17.8. The number of para-hydroxylation sites is 1. The molecular formula is C20H25N3O2. The van der Waals surface area contributed by atoms with Crippen molar-refractivity contribution in [3.05, 3.63) is 53.6 Å². The number of carbonyl (C=O) groups excluding carboxylic acids is 1. The molecule has 1 fully saturated rings. The minimum Gasteiger partial charge on any atom is -0.508 e. The van der Waals surface area contributed by atoms with Gasteiger partial charge in [-0.25, -0.2) is 4.79 Å². The van der Waals surface area contributed by atoms with Crippen molar-refractivity contribution in [1.82, 2.24) is 4.90 Å². The van der Waals surface area contributed by atoms with Gasteiger partial charge in [-0.05, 0) is 49.6 Å². The fraction of sp³-hybridized carbons (Fsp3) is 0.350. The minimum atomic E-state index is -0.198. The Balaban J connectivity index is 1.64. The van der Waals surface area contributed by atoms with E-state index in [1.807, 2.05) is 24.3 Å². The number of urea groups is 1. The highest BCUT2D eigenvalue weighted by Gasteiger charge is 2.16. The van der Waals surface area contributed by atoms with Gasteiger partial charge in [-0.2, -0.15) is 0 Å². The number of anilines is 2. The van der Waals surface area contributed by atoms with Gasteiger partial charge in [0, 0.05) is 37.1 Å². The van der Waals surface area contributed by atoms with E-state index < -0.39 is 0 Å². The first-order chi connectivity index (χ1) is 12.0. The number of hydrogen-bond donors (Lipinski definition) is 2. The maximum atomic E-state index is 12.4. The number of nitrogens with zero attached hydrogens (tertiary/aromatic N) is 2. The van der Waals surface area contributed by atoms with Crippen LogP contribution in [0.5, 0.6) is 5.75 Å². The van der Waals surface area contributed by atoms with Gasteiger partial charge in [0.2, 0.25) is 0 Å². The fourth-order valence-electron chi connectivity index (χ4n) is 3.24. The summed E-state index contributed by atoms with van der Waals surface area (Å²) in [5.74, 6) is 0.202. The number of phenols is 1. The van der Waals surface area contributed by atoms with Crippen LogP contribution in [0.25, 0.3) is 0 Å². The number of phenolic OH excluding ortho intramolecular Hbond substituents is 1. The van der Waals surface area contributed by atoms with Gasteiger partial charge < -0.3 is 20.2 Å². The Kier molecular flexibility index (Phi) is 5.12. The molecule has 1 aliphatic rings. The van der Waals surface area contributed by atoms with Gasteiger partial charge in [-0.15, -0.1) is 0 Å². The Hall–Kier alpha value is -2.69. The first-order valence-corrected chi connectivity index (χ1v) is 8.69. The SMILES string of the molecule is Cc1cc(NC(=O)N(C)Cc2ccccc2O)ccc1N1CCCC1. The molecule has 25 heavy (non-hydrogen) atoms. The van der Waals surface area contributed by atoms with Crippen molar-refractivity contribution in [1.29, 1.82) is 0 Å². The second-order valence-corrected chi connectivity index (χ2v) is 6.61. The number of hydrogen-bond acceptors (Lipinski definition) is 3. The lowest BCUT2D eigenvalue weighted by molar-refractivity contribution is 0.220. The van der Waals surface area contributed by atoms with Crippen LogP contribution in [0.3, 0.4) is 0 Å². The Bertz CT molecular complexity index is 754. The van der Waals surface area contributed by atoms with E-state index >= 15 is 0 Å². The van der Waals surface area contributed by atoms with E-state index in [-0.39, 0.29) is 11.8 Å². The molecule has 5 heteroatoms. The average Bonchev–Trinajstić information content (AvgIpc) is 3.11. The van der Waals surface area contributed by atoms with Crippen molar-refractivity contribution < 1.29 is 9.90 Å². The normalized spacial score (nSPS) is 13.8. The molecule has 0 aromatic heterocycles. The molecule has 0 saturated carbocycles. The molecule has 0 bridgehead atoms. The lowest BCUT2D eigenvalue weighted by atomic mass is 10.1. The quantitative estimate of drug-likeness (QED) is 0.886. The van der Waals surface area contributed by atoms with Crippen molar-refractivity contribution in [2.24, 2.45) is 0 Å². The highest BCUT2D eigenvalue weighted by Crippen LogP contribution is 2.27. The summed E-state index contributed by atoms with van der Waals surface area (Å²) in [5.41, 5.74) is 3.93. The lowest BCUT2D eigenvalue weighted by Crippen LogP contribution is -2.30. The third-order valence-electron chi connectivity index (χ3n) is 4.64. The Morgan fingerprint density at radius 3 is 2.60 bits per heavy atom. The second kappa shape index (κ2) is 7.47. The van der Waals surface area contributed by atoms with Crippen LogP contribution in [-0.4, -0.2) is 36.2 Å². The van der Waals surface area contributed by atoms with Crippen LogP contribution in [0.2, 0.25) is 0 Å². The number of amides is 2. The van der Waals surface area contributed by atoms with Crippen molar-refractivity contribution in [3.63, 3.8) is 0 Å². The molecule has 2 aromatic rings. The maximum Gasteiger partial charge on any atom is 0.321 e. The van der Waals surface area contributed by atoms with Crippen molar-refractivity contribution in [2.75, 3.05) is 30.4 Å².